The van der Waals surface area contributed by atoms with Crippen LogP contribution in [0.2, 0.25) is 5.02 Å². The van der Waals surface area contributed by atoms with E-state index in [4.69, 9.17) is 11.6 Å². The third-order valence-corrected chi connectivity index (χ3v) is 6.37. The van der Waals surface area contributed by atoms with Gasteiger partial charge in [-0.05, 0) is 48.1 Å². The highest BCUT2D eigenvalue weighted by molar-refractivity contribution is 6.33. The van der Waals surface area contributed by atoms with Gasteiger partial charge in [0.15, 0.2) is 11.6 Å². The Balaban J connectivity index is 1.94. The van der Waals surface area contributed by atoms with Crippen LogP contribution >= 0.6 is 11.6 Å². The summed E-state index contributed by atoms with van der Waals surface area (Å²) in [5.74, 6) is -0.732. The Morgan fingerprint density at radius 2 is 1.75 bits per heavy atom. The molecular formula is C26H27ClF3N3O3. The zero-order valence-corrected chi connectivity index (χ0v) is 21.3. The first-order valence-electron chi connectivity index (χ1n) is 11.2. The fraction of sp³-hybridized carbons (Fsp3) is 0.385. The molecule has 0 aliphatic rings. The molecule has 0 unspecified atom stereocenters. The number of benzene rings is 2. The second-order valence-corrected chi connectivity index (χ2v) is 10.0. The van der Waals surface area contributed by atoms with E-state index >= 15 is 0 Å². The molecule has 1 aromatic heterocycles. The number of methoxy groups -OCH3 is 1. The van der Waals surface area contributed by atoms with E-state index in [1.54, 1.807) is 18.2 Å². The van der Waals surface area contributed by atoms with Crippen LogP contribution in [-0.2, 0) is 21.4 Å². The summed E-state index contributed by atoms with van der Waals surface area (Å²) in [6, 6.07) is 12.3. The van der Waals surface area contributed by atoms with E-state index in [2.05, 4.69) is 40.5 Å². The molecule has 0 aliphatic carbocycles. The average molecular weight is 522 g/mol. The van der Waals surface area contributed by atoms with Crippen LogP contribution < -0.4 is 5.69 Å². The second kappa shape index (κ2) is 10.1. The summed E-state index contributed by atoms with van der Waals surface area (Å²) in [4.78, 5) is 35.8. The first-order chi connectivity index (χ1) is 16.7. The number of aryl methyl sites for hydroxylation is 1. The van der Waals surface area contributed by atoms with Gasteiger partial charge in [-0.15, -0.1) is 0 Å². The van der Waals surface area contributed by atoms with Crippen LogP contribution in [-0.4, -0.2) is 39.6 Å². The largest absolute Gasteiger partial charge is 0.424 e. The molecule has 1 heterocycles. The lowest BCUT2D eigenvalue weighted by atomic mass is 9.86. The quantitative estimate of drug-likeness (QED) is 0.417. The summed E-state index contributed by atoms with van der Waals surface area (Å²) < 4.78 is 44.5. The zero-order valence-electron chi connectivity index (χ0n) is 20.6. The van der Waals surface area contributed by atoms with E-state index < -0.39 is 29.7 Å². The SMILES string of the molecule is CO[C@](C)(C(=O)CCc1ccc(Cl)c(-c2nc(-c3cccc(C(C)(C)C)c3)nc(=O)[nH]2)c1)C(F)(F)F. The summed E-state index contributed by atoms with van der Waals surface area (Å²) >= 11 is 6.37. The van der Waals surface area contributed by atoms with Crippen molar-refractivity contribution >= 4 is 17.4 Å². The Morgan fingerprint density at radius 3 is 2.36 bits per heavy atom. The molecule has 0 radical (unpaired) electrons. The molecule has 6 nitrogen and oxygen atoms in total. The van der Waals surface area contributed by atoms with Crippen molar-refractivity contribution in [3.63, 3.8) is 0 Å². The lowest BCUT2D eigenvalue weighted by molar-refractivity contribution is -0.252. The van der Waals surface area contributed by atoms with Gasteiger partial charge >= 0.3 is 11.9 Å². The topological polar surface area (TPSA) is 84.9 Å². The normalized spacial score (nSPS) is 13.9. The minimum absolute atomic E-state index is 0.00777. The molecule has 3 aromatic rings. The Bertz CT molecular complexity index is 1330. The number of aromatic nitrogens is 3. The van der Waals surface area contributed by atoms with Crippen LogP contribution in [0.4, 0.5) is 13.2 Å². The monoisotopic (exact) mass is 521 g/mol. The molecule has 2 aromatic carbocycles. The summed E-state index contributed by atoms with van der Waals surface area (Å²) in [5.41, 5.74) is -1.06. The van der Waals surface area contributed by atoms with Crippen LogP contribution in [0.15, 0.2) is 47.3 Å². The molecule has 0 amide bonds. The van der Waals surface area contributed by atoms with Crippen LogP contribution in [0, 0.1) is 0 Å². The second-order valence-electron chi connectivity index (χ2n) is 9.63. The zero-order chi connectivity index (χ0) is 26.9. The Morgan fingerprint density at radius 1 is 1.06 bits per heavy atom. The number of nitrogens with zero attached hydrogens (tertiary/aromatic N) is 2. The predicted molar refractivity (Wildman–Crippen MR) is 132 cm³/mol. The number of carbonyl (C=O) groups is 1. The maximum atomic E-state index is 13.3. The van der Waals surface area contributed by atoms with Gasteiger partial charge in [-0.1, -0.05) is 56.6 Å². The Labute approximate surface area is 211 Å². The number of hydrogen-bond acceptors (Lipinski definition) is 5. The summed E-state index contributed by atoms with van der Waals surface area (Å²) in [6.45, 7) is 6.91. The van der Waals surface area contributed by atoms with E-state index in [1.165, 1.54) is 6.07 Å². The summed E-state index contributed by atoms with van der Waals surface area (Å²) in [7, 11) is 0.853. The van der Waals surface area contributed by atoms with Crippen molar-refractivity contribution in [3.05, 3.63) is 69.1 Å². The van der Waals surface area contributed by atoms with Crippen molar-refractivity contribution in [3.8, 4) is 22.8 Å². The van der Waals surface area contributed by atoms with Gasteiger partial charge in [0.2, 0.25) is 5.60 Å². The number of ether oxygens (including phenoxy) is 1. The highest BCUT2D eigenvalue weighted by Crippen LogP contribution is 2.35. The fourth-order valence-corrected chi connectivity index (χ4v) is 3.77. The van der Waals surface area contributed by atoms with Crippen molar-refractivity contribution in [1.82, 2.24) is 15.0 Å². The maximum absolute atomic E-state index is 13.3. The molecule has 3 rings (SSSR count). The van der Waals surface area contributed by atoms with Gasteiger partial charge in [-0.3, -0.25) is 9.78 Å². The minimum Gasteiger partial charge on any atom is -0.362 e. The van der Waals surface area contributed by atoms with Crippen molar-refractivity contribution < 1.29 is 22.7 Å². The summed E-state index contributed by atoms with van der Waals surface area (Å²) in [6.07, 6.45) is -5.24. The molecule has 0 aliphatic heterocycles. The number of ketones is 1. The maximum Gasteiger partial charge on any atom is 0.424 e. The molecule has 1 N–H and O–H groups in total. The number of nitrogens with one attached hydrogen (secondary N) is 1. The average Bonchev–Trinajstić information content (AvgIpc) is 2.81. The first kappa shape index (κ1) is 27.5. The highest BCUT2D eigenvalue weighted by Gasteiger charge is 2.56. The Hall–Kier alpha value is -3.04. The van der Waals surface area contributed by atoms with Gasteiger partial charge in [-0.25, -0.2) is 9.78 Å². The number of H-pyrrole nitrogens is 1. The van der Waals surface area contributed by atoms with Gasteiger partial charge in [-0.2, -0.15) is 18.2 Å². The number of alkyl halides is 3. The number of hydrogen-bond donors (Lipinski definition) is 1. The summed E-state index contributed by atoms with van der Waals surface area (Å²) in [5, 5.41) is 0.269. The smallest absolute Gasteiger partial charge is 0.362 e. The van der Waals surface area contributed by atoms with Crippen molar-refractivity contribution in [2.24, 2.45) is 0 Å². The number of carbonyl (C=O) groups excluding carboxylic acids is 1. The molecule has 0 saturated heterocycles. The van der Waals surface area contributed by atoms with E-state index in [0.717, 1.165) is 12.7 Å². The number of aromatic amines is 1. The number of rotatable bonds is 7. The van der Waals surface area contributed by atoms with Crippen LogP contribution in [0.1, 0.15) is 45.2 Å². The predicted octanol–water partition coefficient (Wildman–Crippen LogP) is 5.92. The van der Waals surface area contributed by atoms with E-state index in [9.17, 15) is 22.8 Å². The Kier molecular flexibility index (Phi) is 7.76. The van der Waals surface area contributed by atoms with E-state index in [-0.39, 0.29) is 28.5 Å². The first-order valence-corrected chi connectivity index (χ1v) is 11.6. The van der Waals surface area contributed by atoms with Gasteiger partial charge < -0.3 is 4.74 Å². The van der Waals surface area contributed by atoms with Gasteiger partial charge in [0, 0.05) is 24.7 Å². The molecular weight excluding hydrogens is 495 g/mol. The van der Waals surface area contributed by atoms with Crippen LogP contribution in [0.5, 0.6) is 0 Å². The van der Waals surface area contributed by atoms with Crippen LogP contribution in [0.3, 0.4) is 0 Å². The van der Waals surface area contributed by atoms with Crippen LogP contribution in [0.25, 0.3) is 22.8 Å². The molecule has 1 atom stereocenters. The molecule has 36 heavy (non-hydrogen) atoms. The van der Waals surface area contributed by atoms with Crippen molar-refractivity contribution in [1.29, 1.82) is 0 Å². The third kappa shape index (κ3) is 5.84. The van der Waals surface area contributed by atoms with Crippen molar-refractivity contribution in [2.45, 2.75) is 57.7 Å². The van der Waals surface area contributed by atoms with Gasteiger partial charge in [0.1, 0.15) is 5.82 Å². The standard InChI is InChI=1S/C26H27ClF3N3O3/c1-24(2,3)17-8-6-7-16(14-17)21-31-22(33-23(35)32-21)18-13-15(9-11-19(18)27)10-12-20(34)25(4,36-5)26(28,29)30/h6-9,11,13-14H,10,12H2,1-5H3,(H,31,32,33,35)/t25-/m1/s1. The third-order valence-electron chi connectivity index (χ3n) is 6.05. The molecule has 10 heteroatoms. The molecule has 0 fully saturated rings. The number of Topliss-reactive ketones (excluding diaryl/α,β-unsaturated/α-hetero) is 1. The van der Waals surface area contributed by atoms with Gasteiger partial charge in [0.25, 0.3) is 0 Å². The fourth-order valence-electron chi connectivity index (χ4n) is 3.56. The molecule has 0 spiro atoms. The molecule has 192 valence electrons. The highest BCUT2D eigenvalue weighted by atomic mass is 35.5. The molecule has 0 saturated carbocycles. The van der Waals surface area contributed by atoms with Gasteiger partial charge in [0.05, 0.1) is 5.02 Å². The van der Waals surface area contributed by atoms with E-state index in [1.807, 2.05) is 18.2 Å². The number of halogens is 4. The van der Waals surface area contributed by atoms with E-state index in [0.29, 0.717) is 23.6 Å². The van der Waals surface area contributed by atoms with Crippen molar-refractivity contribution in [2.75, 3.05) is 7.11 Å². The lowest BCUT2D eigenvalue weighted by Crippen LogP contribution is -2.51. The molecule has 0 bridgehead atoms. The lowest BCUT2D eigenvalue weighted by Gasteiger charge is -2.29. The minimum atomic E-state index is -4.84.